The van der Waals surface area contributed by atoms with Gasteiger partial charge in [-0.05, 0) is 74.5 Å². The number of carbonyl (C=O) groups is 1. The summed E-state index contributed by atoms with van der Waals surface area (Å²) in [5.74, 6) is -0.433. The molecule has 2 N–H and O–H groups in total. The van der Waals surface area contributed by atoms with Crippen molar-refractivity contribution in [1.82, 2.24) is 24.8 Å². The summed E-state index contributed by atoms with van der Waals surface area (Å²) >= 11 is 0. The fourth-order valence-electron chi connectivity index (χ4n) is 5.40. The van der Waals surface area contributed by atoms with Gasteiger partial charge in [0.25, 0.3) is 5.91 Å². The average Bonchev–Trinajstić information content (AvgIpc) is 3.41. The number of nitrogens with one attached hydrogen (secondary N) is 1. The Morgan fingerprint density at radius 3 is 2.59 bits per heavy atom. The van der Waals surface area contributed by atoms with E-state index >= 15 is 0 Å². The van der Waals surface area contributed by atoms with E-state index in [9.17, 15) is 9.18 Å². The Balaban J connectivity index is 1.25. The standard InChI is InChI=1S/C32H36FN5O3/c1-22-18-34-21-38(22)28-12-10-27(11-13-28)36-31(40)30-17-26(33)19-35-32(30)41-29-5-3-4-25(16-29)24-8-6-23(7-9-24)20-37(2)14-15-39/h3-9,16-19,21,27-28,39H,10-15,20H2,1-2H3,(H,36,40). The van der Waals surface area contributed by atoms with Crippen LogP contribution < -0.4 is 10.1 Å². The number of nitrogens with zero attached hydrogens (tertiary/aromatic N) is 4. The van der Waals surface area contributed by atoms with E-state index in [4.69, 9.17) is 9.84 Å². The number of benzene rings is 2. The Kier molecular flexibility index (Phi) is 9.06. The van der Waals surface area contributed by atoms with Gasteiger partial charge >= 0.3 is 0 Å². The Bertz CT molecular complexity index is 1460. The number of aliphatic hydroxyl groups excluding tert-OH is 1. The van der Waals surface area contributed by atoms with Gasteiger partial charge in [0.05, 0.1) is 19.1 Å². The van der Waals surface area contributed by atoms with Crippen LogP contribution in [-0.2, 0) is 6.54 Å². The van der Waals surface area contributed by atoms with Crippen LogP contribution in [0.1, 0.15) is 53.3 Å². The van der Waals surface area contributed by atoms with Crippen LogP contribution in [0.4, 0.5) is 4.39 Å². The molecule has 0 spiro atoms. The summed E-state index contributed by atoms with van der Waals surface area (Å²) in [4.78, 5) is 23.6. The van der Waals surface area contributed by atoms with Gasteiger partial charge in [-0.2, -0.15) is 0 Å². The van der Waals surface area contributed by atoms with Crippen molar-refractivity contribution < 1.29 is 19.0 Å². The largest absolute Gasteiger partial charge is 0.438 e. The molecule has 41 heavy (non-hydrogen) atoms. The van der Waals surface area contributed by atoms with E-state index in [0.717, 1.165) is 60.8 Å². The number of ether oxygens (including phenoxy) is 1. The van der Waals surface area contributed by atoms with Crippen molar-refractivity contribution >= 4 is 5.91 Å². The van der Waals surface area contributed by atoms with Crippen molar-refractivity contribution in [2.45, 2.75) is 51.2 Å². The maximum Gasteiger partial charge on any atom is 0.257 e. The van der Waals surface area contributed by atoms with E-state index in [1.165, 1.54) is 6.07 Å². The van der Waals surface area contributed by atoms with Crippen LogP contribution in [0.3, 0.4) is 0 Å². The molecule has 4 aromatic rings. The number of hydrogen-bond donors (Lipinski definition) is 2. The predicted molar refractivity (Wildman–Crippen MR) is 155 cm³/mol. The van der Waals surface area contributed by atoms with Crippen molar-refractivity contribution in [2.24, 2.45) is 0 Å². The lowest BCUT2D eigenvalue weighted by Crippen LogP contribution is -2.38. The minimum atomic E-state index is -0.597. The zero-order valence-corrected chi connectivity index (χ0v) is 23.5. The van der Waals surface area contributed by atoms with E-state index in [-0.39, 0.29) is 24.1 Å². The first-order valence-corrected chi connectivity index (χ1v) is 14.0. The van der Waals surface area contributed by atoms with E-state index in [0.29, 0.717) is 18.3 Å². The van der Waals surface area contributed by atoms with Gasteiger partial charge in [0.1, 0.15) is 17.1 Å². The van der Waals surface area contributed by atoms with Crippen LogP contribution in [0.25, 0.3) is 11.1 Å². The number of imidazole rings is 1. The van der Waals surface area contributed by atoms with Gasteiger partial charge in [0.2, 0.25) is 5.88 Å². The molecule has 1 saturated carbocycles. The molecular formula is C32H36FN5O3. The average molecular weight is 558 g/mol. The molecule has 0 unspecified atom stereocenters. The molecule has 0 radical (unpaired) electrons. The number of carbonyl (C=O) groups excluding carboxylic acids is 1. The zero-order chi connectivity index (χ0) is 28.8. The second kappa shape index (κ2) is 13.1. The van der Waals surface area contributed by atoms with Gasteiger partial charge in [-0.15, -0.1) is 0 Å². The van der Waals surface area contributed by atoms with Crippen molar-refractivity contribution in [3.05, 3.63) is 96.0 Å². The topological polar surface area (TPSA) is 92.5 Å². The molecule has 0 aliphatic heterocycles. The molecular weight excluding hydrogens is 521 g/mol. The molecule has 0 bridgehead atoms. The summed E-state index contributed by atoms with van der Waals surface area (Å²) in [7, 11) is 1.97. The summed E-state index contributed by atoms with van der Waals surface area (Å²) in [6.45, 7) is 3.54. The summed E-state index contributed by atoms with van der Waals surface area (Å²) in [5.41, 5.74) is 4.30. The number of amides is 1. The van der Waals surface area contributed by atoms with E-state index < -0.39 is 11.7 Å². The Morgan fingerprint density at radius 1 is 1.10 bits per heavy atom. The Hall–Kier alpha value is -4.08. The third-order valence-corrected chi connectivity index (χ3v) is 7.62. The van der Waals surface area contributed by atoms with Crippen LogP contribution in [-0.4, -0.2) is 56.7 Å². The van der Waals surface area contributed by atoms with Gasteiger partial charge in [0.15, 0.2) is 0 Å². The molecule has 1 amide bonds. The molecule has 8 nitrogen and oxygen atoms in total. The number of aryl methyl sites for hydroxylation is 1. The molecule has 1 aliphatic carbocycles. The summed E-state index contributed by atoms with van der Waals surface area (Å²) in [6.07, 6.45) is 8.29. The first kappa shape index (κ1) is 28.4. The molecule has 2 heterocycles. The normalized spacial score (nSPS) is 17.0. The van der Waals surface area contributed by atoms with Crippen molar-refractivity contribution in [3.63, 3.8) is 0 Å². The van der Waals surface area contributed by atoms with E-state index in [2.05, 4.69) is 36.9 Å². The first-order valence-electron chi connectivity index (χ1n) is 14.0. The number of aliphatic hydroxyl groups is 1. The molecule has 1 fully saturated rings. The summed E-state index contributed by atoms with van der Waals surface area (Å²) in [6, 6.07) is 17.3. The number of aromatic nitrogens is 3. The van der Waals surface area contributed by atoms with Crippen LogP contribution in [0.2, 0.25) is 0 Å². The van der Waals surface area contributed by atoms with Crippen LogP contribution in [0.5, 0.6) is 11.6 Å². The van der Waals surface area contributed by atoms with Crippen LogP contribution >= 0.6 is 0 Å². The lowest BCUT2D eigenvalue weighted by atomic mass is 9.90. The molecule has 214 valence electrons. The summed E-state index contributed by atoms with van der Waals surface area (Å²) in [5, 5.41) is 12.2. The Morgan fingerprint density at radius 2 is 1.88 bits per heavy atom. The van der Waals surface area contributed by atoms with E-state index in [1.807, 2.05) is 56.8 Å². The zero-order valence-electron chi connectivity index (χ0n) is 23.5. The molecule has 1 aliphatic rings. The molecule has 5 rings (SSSR count). The van der Waals surface area contributed by atoms with Gasteiger partial charge in [0, 0.05) is 37.1 Å². The molecule has 9 heteroatoms. The molecule has 0 saturated heterocycles. The predicted octanol–water partition coefficient (Wildman–Crippen LogP) is 5.52. The van der Waals surface area contributed by atoms with Gasteiger partial charge in [-0.25, -0.2) is 14.4 Å². The highest BCUT2D eigenvalue weighted by Gasteiger charge is 2.26. The number of rotatable bonds is 10. The highest BCUT2D eigenvalue weighted by atomic mass is 19.1. The summed E-state index contributed by atoms with van der Waals surface area (Å²) < 4.78 is 22.4. The number of halogens is 1. The molecule has 2 aromatic heterocycles. The van der Waals surface area contributed by atoms with Crippen LogP contribution in [0.15, 0.2) is 73.3 Å². The quantitative estimate of drug-likeness (QED) is 0.267. The molecule has 2 aromatic carbocycles. The number of pyridine rings is 1. The van der Waals surface area contributed by atoms with Crippen molar-refractivity contribution in [2.75, 3.05) is 20.2 Å². The van der Waals surface area contributed by atoms with Gasteiger partial charge in [-0.3, -0.25) is 9.69 Å². The minimum Gasteiger partial charge on any atom is -0.438 e. The third kappa shape index (κ3) is 7.17. The second-order valence-electron chi connectivity index (χ2n) is 10.7. The maximum atomic E-state index is 14.2. The SMILES string of the molecule is Cc1cncn1C1CCC(NC(=O)c2cc(F)cnc2Oc2cccc(-c3ccc(CN(C)CCO)cc3)c2)CC1. The fourth-order valence-corrected chi connectivity index (χ4v) is 5.40. The Labute approximate surface area is 239 Å². The van der Waals surface area contributed by atoms with Gasteiger partial charge in [-0.1, -0.05) is 36.4 Å². The van der Waals surface area contributed by atoms with E-state index in [1.54, 1.807) is 6.07 Å². The first-order chi connectivity index (χ1) is 19.9. The minimum absolute atomic E-state index is 0.00609. The second-order valence-corrected chi connectivity index (χ2v) is 10.7. The lowest BCUT2D eigenvalue weighted by molar-refractivity contribution is 0.0918. The molecule has 0 atom stereocenters. The maximum absolute atomic E-state index is 14.2. The number of hydrogen-bond acceptors (Lipinski definition) is 6. The fraction of sp³-hybridized carbons (Fsp3) is 0.344. The highest BCUT2D eigenvalue weighted by molar-refractivity contribution is 5.96. The van der Waals surface area contributed by atoms with Crippen molar-refractivity contribution in [3.8, 4) is 22.8 Å². The highest BCUT2D eigenvalue weighted by Crippen LogP contribution is 2.31. The van der Waals surface area contributed by atoms with Crippen molar-refractivity contribution in [1.29, 1.82) is 0 Å². The lowest BCUT2D eigenvalue weighted by Gasteiger charge is -2.30. The third-order valence-electron chi connectivity index (χ3n) is 7.62. The van der Waals surface area contributed by atoms with Crippen LogP contribution in [0, 0.1) is 12.7 Å². The smallest absolute Gasteiger partial charge is 0.257 e. The monoisotopic (exact) mass is 557 g/mol. The number of likely N-dealkylation sites (N-methyl/N-ethyl adjacent to an activating group) is 1. The van der Waals surface area contributed by atoms with Gasteiger partial charge < -0.3 is 19.7 Å².